The maximum absolute atomic E-state index is 12.3. The van der Waals surface area contributed by atoms with Crippen LogP contribution in [-0.2, 0) is 4.79 Å². The molecule has 0 bridgehead atoms. The number of amides is 3. The molecule has 5 nitrogen and oxygen atoms in total. The zero-order valence-corrected chi connectivity index (χ0v) is 15.3. The highest BCUT2D eigenvalue weighted by Crippen LogP contribution is 2.12. The summed E-state index contributed by atoms with van der Waals surface area (Å²) >= 11 is 1.59. The van der Waals surface area contributed by atoms with Crippen molar-refractivity contribution in [3.05, 3.63) is 52.2 Å². The summed E-state index contributed by atoms with van der Waals surface area (Å²) in [5, 5.41) is 7.39. The van der Waals surface area contributed by atoms with Crippen molar-refractivity contribution in [2.24, 2.45) is 5.92 Å². The molecule has 0 unspecified atom stereocenters. The third kappa shape index (κ3) is 5.66. The molecule has 1 heterocycles. The van der Waals surface area contributed by atoms with Gasteiger partial charge in [0.1, 0.15) is 0 Å². The van der Waals surface area contributed by atoms with Crippen molar-refractivity contribution in [3.8, 4) is 11.8 Å². The van der Waals surface area contributed by atoms with Crippen molar-refractivity contribution in [2.45, 2.75) is 6.92 Å². The molecule has 0 aliphatic carbocycles. The molecule has 0 aliphatic rings. The van der Waals surface area contributed by atoms with Gasteiger partial charge in [0.25, 0.3) is 0 Å². The van der Waals surface area contributed by atoms with Gasteiger partial charge in [-0.3, -0.25) is 4.79 Å². The smallest absolute Gasteiger partial charge is 0.321 e. The SMILES string of the molecule is CNC(=O)[C@H](C)CN(C)C(=O)Nc1cccc(C#Cc2cccs2)c1. The molecule has 0 spiro atoms. The number of nitrogens with zero attached hydrogens (tertiary/aromatic N) is 1. The summed E-state index contributed by atoms with van der Waals surface area (Å²) in [5.74, 6) is 5.81. The zero-order chi connectivity index (χ0) is 18.2. The number of nitrogens with one attached hydrogen (secondary N) is 2. The van der Waals surface area contributed by atoms with Gasteiger partial charge in [0.2, 0.25) is 5.91 Å². The Bertz CT molecular complexity index is 790. The Morgan fingerprint density at radius 3 is 2.72 bits per heavy atom. The van der Waals surface area contributed by atoms with Crippen LogP contribution in [0, 0.1) is 17.8 Å². The number of rotatable bonds is 4. The molecule has 1 atom stereocenters. The van der Waals surface area contributed by atoms with E-state index in [2.05, 4.69) is 22.5 Å². The molecular weight excluding hydrogens is 334 g/mol. The highest BCUT2D eigenvalue weighted by atomic mass is 32.1. The van der Waals surface area contributed by atoms with Crippen LogP contribution in [-0.4, -0.2) is 37.5 Å². The zero-order valence-electron chi connectivity index (χ0n) is 14.5. The third-order valence-corrected chi connectivity index (χ3v) is 4.34. The van der Waals surface area contributed by atoms with E-state index in [1.54, 1.807) is 32.4 Å². The Hall–Kier alpha value is -2.78. The predicted octanol–water partition coefficient (Wildman–Crippen LogP) is 2.99. The third-order valence-electron chi connectivity index (χ3n) is 3.55. The maximum Gasteiger partial charge on any atom is 0.321 e. The number of carbonyl (C=O) groups excluding carboxylic acids is 2. The lowest BCUT2D eigenvalue weighted by Gasteiger charge is -2.21. The van der Waals surface area contributed by atoms with E-state index >= 15 is 0 Å². The first-order chi connectivity index (χ1) is 12.0. The molecule has 1 aromatic carbocycles. The van der Waals surface area contributed by atoms with Crippen LogP contribution in [0.15, 0.2) is 41.8 Å². The number of hydrogen-bond donors (Lipinski definition) is 2. The molecule has 0 fully saturated rings. The standard InChI is InChI=1S/C19H21N3O2S/c1-14(18(23)20-2)13-22(3)19(24)21-16-7-4-6-15(12-16)9-10-17-8-5-11-25-17/h4-8,11-12,14H,13H2,1-3H3,(H,20,23)(H,21,24)/t14-/m1/s1. The van der Waals surface area contributed by atoms with E-state index in [0.29, 0.717) is 12.2 Å². The lowest BCUT2D eigenvalue weighted by atomic mass is 10.1. The second-order valence-electron chi connectivity index (χ2n) is 5.63. The lowest BCUT2D eigenvalue weighted by Crippen LogP contribution is -2.39. The van der Waals surface area contributed by atoms with Crippen LogP contribution >= 0.6 is 11.3 Å². The Kier molecular flexibility index (Phi) is 6.61. The largest absolute Gasteiger partial charge is 0.359 e. The average Bonchev–Trinajstić information content (AvgIpc) is 3.13. The fourth-order valence-electron chi connectivity index (χ4n) is 2.20. The molecule has 25 heavy (non-hydrogen) atoms. The first-order valence-electron chi connectivity index (χ1n) is 7.89. The minimum absolute atomic E-state index is 0.0921. The second-order valence-corrected chi connectivity index (χ2v) is 6.58. The Labute approximate surface area is 152 Å². The van der Waals surface area contributed by atoms with Crippen molar-refractivity contribution in [1.29, 1.82) is 0 Å². The summed E-state index contributed by atoms with van der Waals surface area (Å²) in [6.45, 7) is 2.12. The second kappa shape index (κ2) is 8.90. The summed E-state index contributed by atoms with van der Waals surface area (Å²) in [7, 11) is 3.25. The molecule has 0 saturated carbocycles. The van der Waals surface area contributed by atoms with Crippen molar-refractivity contribution in [1.82, 2.24) is 10.2 Å². The summed E-state index contributed by atoms with van der Waals surface area (Å²) in [4.78, 5) is 26.3. The van der Waals surface area contributed by atoms with Crippen LogP contribution in [0.4, 0.5) is 10.5 Å². The minimum Gasteiger partial charge on any atom is -0.359 e. The highest BCUT2D eigenvalue weighted by molar-refractivity contribution is 7.10. The molecule has 2 aromatic rings. The van der Waals surface area contributed by atoms with Crippen molar-refractivity contribution < 1.29 is 9.59 Å². The Morgan fingerprint density at radius 1 is 1.24 bits per heavy atom. The molecular formula is C19H21N3O2S. The number of hydrogen-bond acceptors (Lipinski definition) is 3. The van der Waals surface area contributed by atoms with Gasteiger partial charge >= 0.3 is 6.03 Å². The van der Waals surface area contributed by atoms with E-state index in [-0.39, 0.29) is 17.9 Å². The molecule has 6 heteroatoms. The lowest BCUT2D eigenvalue weighted by molar-refractivity contribution is -0.124. The van der Waals surface area contributed by atoms with Crippen LogP contribution in [0.2, 0.25) is 0 Å². The molecule has 0 radical (unpaired) electrons. The van der Waals surface area contributed by atoms with E-state index in [1.165, 1.54) is 4.90 Å². The van der Waals surface area contributed by atoms with E-state index in [0.717, 1.165) is 10.4 Å². The number of urea groups is 1. The van der Waals surface area contributed by atoms with E-state index in [4.69, 9.17) is 0 Å². The van der Waals surface area contributed by atoms with E-state index in [9.17, 15) is 9.59 Å². The average molecular weight is 355 g/mol. The van der Waals surface area contributed by atoms with Gasteiger partial charge in [-0.15, -0.1) is 11.3 Å². The van der Waals surface area contributed by atoms with Crippen molar-refractivity contribution in [2.75, 3.05) is 26.0 Å². The van der Waals surface area contributed by atoms with Gasteiger partial charge in [-0.05, 0) is 29.6 Å². The van der Waals surface area contributed by atoms with Crippen LogP contribution in [0.3, 0.4) is 0 Å². The van der Waals surface area contributed by atoms with Crippen LogP contribution in [0.5, 0.6) is 0 Å². The fourth-order valence-corrected chi connectivity index (χ4v) is 2.77. The van der Waals surface area contributed by atoms with Crippen molar-refractivity contribution in [3.63, 3.8) is 0 Å². The quantitative estimate of drug-likeness (QED) is 0.828. The molecule has 2 N–H and O–H groups in total. The van der Waals surface area contributed by atoms with Gasteiger partial charge in [-0.2, -0.15) is 0 Å². The maximum atomic E-state index is 12.3. The molecule has 2 rings (SSSR count). The Balaban J connectivity index is 1.99. The van der Waals surface area contributed by atoms with Crippen LogP contribution < -0.4 is 10.6 Å². The summed E-state index contributed by atoms with van der Waals surface area (Å²) in [6.07, 6.45) is 0. The molecule has 3 amide bonds. The molecule has 0 saturated heterocycles. The number of carbonyl (C=O) groups is 2. The van der Waals surface area contributed by atoms with Crippen LogP contribution in [0.1, 0.15) is 17.4 Å². The first kappa shape index (κ1) is 18.6. The minimum atomic E-state index is -0.274. The fraction of sp³-hybridized carbons (Fsp3) is 0.263. The van der Waals surface area contributed by atoms with Gasteiger partial charge < -0.3 is 15.5 Å². The highest BCUT2D eigenvalue weighted by Gasteiger charge is 2.17. The normalized spacial score (nSPS) is 11.0. The summed E-state index contributed by atoms with van der Waals surface area (Å²) in [6, 6.07) is 11.0. The van der Waals surface area contributed by atoms with Gasteiger partial charge in [-0.1, -0.05) is 30.9 Å². The van der Waals surface area contributed by atoms with Gasteiger partial charge in [0, 0.05) is 31.9 Å². The van der Waals surface area contributed by atoms with E-state index in [1.807, 2.05) is 41.8 Å². The summed E-state index contributed by atoms with van der Waals surface area (Å²) < 4.78 is 0. The van der Waals surface area contributed by atoms with Crippen LogP contribution in [0.25, 0.3) is 0 Å². The van der Waals surface area contributed by atoms with Crippen molar-refractivity contribution >= 4 is 29.0 Å². The summed E-state index contributed by atoms with van der Waals surface area (Å²) in [5.41, 5.74) is 1.50. The first-order valence-corrected chi connectivity index (χ1v) is 8.77. The Morgan fingerprint density at radius 2 is 2.04 bits per heavy atom. The molecule has 130 valence electrons. The topological polar surface area (TPSA) is 61.4 Å². The number of anilines is 1. The van der Waals surface area contributed by atoms with Gasteiger partial charge in [0.05, 0.1) is 10.8 Å². The monoisotopic (exact) mass is 355 g/mol. The molecule has 1 aromatic heterocycles. The predicted molar refractivity (Wildman–Crippen MR) is 102 cm³/mol. The van der Waals surface area contributed by atoms with Gasteiger partial charge in [0.15, 0.2) is 0 Å². The molecule has 0 aliphatic heterocycles. The number of benzene rings is 1. The van der Waals surface area contributed by atoms with Gasteiger partial charge in [-0.25, -0.2) is 4.79 Å². The number of thiophene rings is 1. The van der Waals surface area contributed by atoms with E-state index < -0.39 is 0 Å².